The first kappa shape index (κ1) is 8.08. The van der Waals surface area contributed by atoms with E-state index in [0.29, 0.717) is 0 Å². The van der Waals surface area contributed by atoms with Gasteiger partial charge < -0.3 is 10.5 Å². The lowest BCUT2D eigenvalue weighted by Gasteiger charge is -1.95. The van der Waals surface area contributed by atoms with Gasteiger partial charge in [0, 0.05) is 5.70 Å². The van der Waals surface area contributed by atoms with E-state index in [4.69, 9.17) is 10.5 Å². The van der Waals surface area contributed by atoms with E-state index in [9.17, 15) is 0 Å². The first-order valence-corrected chi connectivity index (χ1v) is 3.02. The summed E-state index contributed by atoms with van der Waals surface area (Å²) in [5.41, 5.74) is 6.22. The summed E-state index contributed by atoms with van der Waals surface area (Å²) in [5, 5.41) is 0. The third-order valence-electron chi connectivity index (χ3n) is 0.854. The summed E-state index contributed by atoms with van der Waals surface area (Å²) in [7, 11) is 0. The second kappa shape index (κ2) is 5.22. The Balaban J connectivity index is 3.42. The molecule has 0 saturated heterocycles. The van der Waals surface area contributed by atoms with E-state index in [1.54, 1.807) is 0 Å². The normalized spacial score (nSPS) is 11.0. The van der Waals surface area contributed by atoms with Crippen molar-refractivity contribution in [3.8, 4) is 0 Å². The van der Waals surface area contributed by atoms with E-state index in [1.165, 1.54) is 12.5 Å². The SMILES string of the molecule is C=CO/C=C(\N)CCC. The van der Waals surface area contributed by atoms with Gasteiger partial charge in [0.05, 0.1) is 6.26 Å². The van der Waals surface area contributed by atoms with Crippen molar-refractivity contribution in [2.45, 2.75) is 19.8 Å². The molecule has 0 aliphatic carbocycles. The second-order valence-corrected chi connectivity index (χ2v) is 1.75. The quantitative estimate of drug-likeness (QED) is 0.584. The van der Waals surface area contributed by atoms with Crippen LogP contribution in [0.2, 0.25) is 0 Å². The van der Waals surface area contributed by atoms with Crippen LogP contribution in [-0.2, 0) is 4.74 Å². The van der Waals surface area contributed by atoms with Crippen molar-refractivity contribution in [1.29, 1.82) is 0 Å². The average molecular weight is 127 g/mol. The number of hydrogen-bond donors (Lipinski definition) is 1. The summed E-state index contributed by atoms with van der Waals surface area (Å²) in [6, 6.07) is 0. The van der Waals surface area contributed by atoms with Crippen LogP contribution >= 0.6 is 0 Å². The van der Waals surface area contributed by atoms with Crippen LogP contribution in [-0.4, -0.2) is 0 Å². The molecule has 0 atom stereocenters. The molecule has 0 aromatic rings. The van der Waals surface area contributed by atoms with Crippen LogP contribution in [0.4, 0.5) is 0 Å². The van der Waals surface area contributed by atoms with Gasteiger partial charge >= 0.3 is 0 Å². The van der Waals surface area contributed by atoms with Crippen molar-refractivity contribution in [1.82, 2.24) is 0 Å². The largest absolute Gasteiger partial charge is 0.471 e. The molecule has 0 spiro atoms. The molecule has 0 amide bonds. The second-order valence-electron chi connectivity index (χ2n) is 1.75. The minimum absolute atomic E-state index is 0.761. The molecule has 0 aliphatic heterocycles. The number of allylic oxidation sites excluding steroid dienone is 1. The Hall–Kier alpha value is -0.920. The summed E-state index contributed by atoms with van der Waals surface area (Å²) in [4.78, 5) is 0. The lowest BCUT2D eigenvalue weighted by Crippen LogP contribution is -1.95. The van der Waals surface area contributed by atoms with Crippen LogP contribution in [0.5, 0.6) is 0 Å². The first-order valence-electron chi connectivity index (χ1n) is 3.02. The molecule has 52 valence electrons. The van der Waals surface area contributed by atoms with E-state index in [0.717, 1.165) is 18.5 Å². The standard InChI is InChI=1S/C7H13NO/c1-3-5-7(8)6-9-4-2/h4,6H,2-3,5,8H2,1H3/b7-6-. The maximum Gasteiger partial charge on any atom is 0.109 e. The van der Waals surface area contributed by atoms with Crippen LogP contribution in [0.15, 0.2) is 24.8 Å². The molecule has 2 nitrogen and oxygen atoms in total. The van der Waals surface area contributed by atoms with Crippen LogP contribution in [0, 0.1) is 0 Å². The van der Waals surface area contributed by atoms with Crippen molar-refractivity contribution in [3.05, 3.63) is 24.8 Å². The van der Waals surface area contributed by atoms with Gasteiger partial charge in [-0.15, -0.1) is 0 Å². The van der Waals surface area contributed by atoms with E-state index in [-0.39, 0.29) is 0 Å². The van der Waals surface area contributed by atoms with Gasteiger partial charge in [-0.2, -0.15) is 0 Å². The monoisotopic (exact) mass is 127 g/mol. The molecule has 0 bridgehead atoms. The molecule has 0 aromatic heterocycles. The Labute approximate surface area is 56.0 Å². The summed E-state index contributed by atoms with van der Waals surface area (Å²) < 4.78 is 4.72. The van der Waals surface area contributed by atoms with Crippen molar-refractivity contribution in [2.75, 3.05) is 0 Å². The molecule has 0 saturated carbocycles. The van der Waals surface area contributed by atoms with E-state index < -0.39 is 0 Å². The number of ether oxygens (including phenoxy) is 1. The third kappa shape index (κ3) is 4.94. The molecule has 2 heteroatoms. The molecular formula is C7H13NO. The summed E-state index contributed by atoms with van der Waals surface area (Å²) in [5.74, 6) is 0. The number of hydrogen-bond acceptors (Lipinski definition) is 2. The fourth-order valence-corrected chi connectivity index (χ4v) is 0.483. The minimum atomic E-state index is 0.761. The van der Waals surface area contributed by atoms with E-state index in [1.807, 2.05) is 0 Å². The topological polar surface area (TPSA) is 35.2 Å². The van der Waals surface area contributed by atoms with Gasteiger partial charge in [-0.05, 0) is 6.42 Å². The van der Waals surface area contributed by atoms with Crippen LogP contribution in [0.25, 0.3) is 0 Å². The van der Waals surface area contributed by atoms with Gasteiger partial charge in [0.1, 0.15) is 6.26 Å². The summed E-state index contributed by atoms with van der Waals surface area (Å²) >= 11 is 0. The molecule has 0 radical (unpaired) electrons. The van der Waals surface area contributed by atoms with Crippen LogP contribution in [0.1, 0.15) is 19.8 Å². The molecule has 9 heavy (non-hydrogen) atoms. The van der Waals surface area contributed by atoms with Crippen molar-refractivity contribution >= 4 is 0 Å². The minimum Gasteiger partial charge on any atom is -0.471 e. The van der Waals surface area contributed by atoms with Gasteiger partial charge in [0.2, 0.25) is 0 Å². The van der Waals surface area contributed by atoms with Gasteiger partial charge in [-0.25, -0.2) is 0 Å². The zero-order chi connectivity index (χ0) is 7.11. The fourth-order valence-electron chi connectivity index (χ4n) is 0.483. The molecule has 0 aromatic carbocycles. The summed E-state index contributed by atoms with van der Waals surface area (Å²) in [6.45, 7) is 5.43. The molecular weight excluding hydrogens is 114 g/mol. The molecule has 0 aliphatic rings. The lowest BCUT2D eigenvalue weighted by molar-refractivity contribution is 0.397. The summed E-state index contributed by atoms with van der Waals surface area (Å²) in [6.07, 6.45) is 4.79. The average Bonchev–Trinajstić information content (AvgIpc) is 1.85. The third-order valence-corrected chi connectivity index (χ3v) is 0.854. The fraction of sp³-hybridized carbons (Fsp3) is 0.429. The lowest BCUT2D eigenvalue weighted by atomic mass is 10.3. The Bertz CT molecular complexity index is 107. The number of nitrogens with two attached hydrogens (primary N) is 1. The highest BCUT2D eigenvalue weighted by Gasteiger charge is 1.84. The molecule has 0 unspecified atom stereocenters. The van der Waals surface area contributed by atoms with Crippen LogP contribution < -0.4 is 5.73 Å². The van der Waals surface area contributed by atoms with Gasteiger partial charge in [-0.3, -0.25) is 0 Å². The van der Waals surface area contributed by atoms with Crippen molar-refractivity contribution in [3.63, 3.8) is 0 Å². The molecule has 0 rings (SSSR count). The van der Waals surface area contributed by atoms with Crippen LogP contribution in [0.3, 0.4) is 0 Å². The van der Waals surface area contributed by atoms with Gasteiger partial charge in [0.15, 0.2) is 0 Å². The van der Waals surface area contributed by atoms with Gasteiger partial charge in [-0.1, -0.05) is 19.9 Å². The maximum absolute atomic E-state index is 5.46. The van der Waals surface area contributed by atoms with Crippen molar-refractivity contribution < 1.29 is 4.74 Å². The van der Waals surface area contributed by atoms with E-state index in [2.05, 4.69) is 13.5 Å². The Kier molecular flexibility index (Phi) is 4.69. The van der Waals surface area contributed by atoms with Crippen molar-refractivity contribution in [2.24, 2.45) is 5.73 Å². The van der Waals surface area contributed by atoms with Gasteiger partial charge in [0.25, 0.3) is 0 Å². The van der Waals surface area contributed by atoms with E-state index >= 15 is 0 Å². The first-order chi connectivity index (χ1) is 4.31. The zero-order valence-electron chi connectivity index (χ0n) is 5.76. The highest BCUT2D eigenvalue weighted by molar-refractivity contribution is 4.90. The smallest absolute Gasteiger partial charge is 0.109 e. The predicted octanol–water partition coefficient (Wildman–Crippen LogP) is 1.75. The molecule has 0 heterocycles. The Morgan fingerprint density at radius 2 is 2.44 bits per heavy atom. The Morgan fingerprint density at radius 3 is 2.89 bits per heavy atom. The maximum atomic E-state index is 5.46. The molecule has 2 N–H and O–H groups in total. The zero-order valence-corrected chi connectivity index (χ0v) is 5.76. The highest BCUT2D eigenvalue weighted by Crippen LogP contribution is 1.96. The Morgan fingerprint density at radius 1 is 1.78 bits per heavy atom. The number of rotatable bonds is 4. The highest BCUT2D eigenvalue weighted by atomic mass is 16.5. The predicted molar refractivity (Wildman–Crippen MR) is 38.5 cm³/mol. The molecule has 0 fully saturated rings.